The minimum Gasteiger partial charge on any atom is -0.258 e. The minimum absolute atomic E-state index is 0.617. The summed E-state index contributed by atoms with van der Waals surface area (Å²) < 4.78 is 0. The zero-order valence-electron chi connectivity index (χ0n) is 12.6. The summed E-state index contributed by atoms with van der Waals surface area (Å²) >= 11 is 0. The van der Waals surface area contributed by atoms with Gasteiger partial charge in [0.15, 0.2) is 0 Å². The van der Waals surface area contributed by atoms with E-state index in [1.807, 2.05) is 0 Å². The van der Waals surface area contributed by atoms with Crippen molar-refractivity contribution in [3.05, 3.63) is 12.2 Å². The Morgan fingerprint density at radius 2 is 1.06 bits per heavy atom. The highest BCUT2D eigenvalue weighted by Gasteiger charge is 1.91. The largest absolute Gasteiger partial charge is 0.258 e. The van der Waals surface area contributed by atoms with E-state index < -0.39 is 0 Å². The molecule has 0 fully saturated rings. The maximum Gasteiger partial charge on any atom is 0.00997 e. The van der Waals surface area contributed by atoms with E-state index in [0.29, 0.717) is 6.54 Å². The summed E-state index contributed by atoms with van der Waals surface area (Å²) in [5.41, 5.74) is 7.06. The lowest BCUT2D eigenvalue weighted by Gasteiger charge is -2.01. The zero-order chi connectivity index (χ0) is 13.3. The van der Waals surface area contributed by atoms with Crippen LogP contribution in [-0.2, 0) is 0 Å². The Morgan fingerprint density at radius 3 is 1.56 bits per heavy atom. The number of rotatable bonds is 14. The highest BCUT2D eigenvalue weighted by Crippen LogP contribution is 2.10. The minimum atomic E-state index is 0.617. The maximum absolute atomic E-state index is 7.06. The van der Waals surface area contributed by atoms with Crippen LogP contribution in [0.3, 0.4) is 0 Å². The van der Waals surface area contributed by atoms with Crippen molar-refractivity contribution in [3.63, 3.8) is 0 Å². The van der Waals surface area contributed by atoms with Crippen molar-refractivity contribution >= 4 is 0 Å². The first kappa shape index (κ1) is 17.7. The fourth-order valence-corrected chi connectivity index (χ4v) is 2.18. The van der Waals surface area contributed by atoms with Gasteiger partial charge in [0.1, 0.15) is 0 Å². The normalized spacial score (nSPS) is 11.4. The molecular weight excluding hydrogens is 218 g/mol. The fourth-order valence-electron chi connectivity index (χ4n) is 2.18. The molecule has 0 heterocycles. The molecule has 0 rings (SSSR count). The molecule has 0 unspecified atom stereocenters. The lowest BCUT2D eigenvalue weighted by atomic mass is 10.1. The molecule has 18 heavy (non-hydrogen) atoms. The van der Waals surface area contributed by atoms with Gasteiger partial charge in [-0.3, -0.25) is 5.73 Å². The molecule has 0 saturated heterocycles. The van der Waals surface area contributed by atoms with E-state index in [1.54, 1.807) is 0 Å². The van der Waals surface area contributed by atoms with E-state index in [0.717, 1.165) is 6.42 Å². The first-order chi connectivity index (χ1) is 8.91. The topological polar surface area (TPSA) is 23.8 Å². The van der Waals surface area contributed by atoms with Crippen molar-refractivity contribution < 1.29 is 0 Å². The number of nitrogens with one attached hydrogen (secondary N) is 1. The third kappa shape index (κ3) is 15.7. The second-order valence-corrected chi connectivity index (χ2v) is 5.33. The lowest BCUT2D eigenvalue weighted by molar-refractivity contribution is 0.561. The van der Waals surface area contributed by atoms with Crippen molar-refractivity contribution in [3.8, 4) is 0 Å². The van der Waals surface area contributed by atoms with Crippen molar-refractivity contribution in [2.75, 3.05) is 6.54 Å². The van der Waals surface area contributed by atoms with Crippen molar-refractivity contribution in [1.82, 2.24) is 5.73 Å². The molecule has 0 saturated carbocycles. The molecule has 0 aliphatic carbocycles. The van der Waals surface area contributed by atoms with Gasteiger partial charge in [-0.2, -0.15) is 0 Å². The van der Waals surface area contributed by atoms with E-state index in [9.17, 15) is 0 Å². The second-order valence-electron chi connectivity index (χ2n) is 5.33. The van der Waals surface area contributed by atoms with Gasteiger partial charge in [-0.25, -0.2) is 0 Å². The zero-order valence-corrected chi connectivity index (χ0v) is 12.6. The third-order valence-corrected chi connectivity index (χ3v) is 3.44. The molecule has 1 nitrogen and oxygen atoms in total. The summed E-state index contributed by atoms with van der Waals surface area (Å²) in [6.07, 6.45) is 22.1. The summed E-state index contributed by atoms with van der Waals surface area (Å²) in [6, 6.07) is 0. The van der Waals surface area contributed by atoms with Crippen molar-refractivity contribution in [2.24, 2.45) is 0 Å². The van der Waals surface area contributed by atoms with Gasteiger partial charge in [0.25, 0.3) is 0 Å². The predicted molar refractivity (Wildman–Crippen MR) is 82.8 cm³/mol. The Labute approximate surface area is 115 Å². The molecule has 0 aliphatic heterocycles. The van der Waals surface area contributed by atoms with Crippen LogP contribution in [0.15, 0.2) is 12.2 Å². The van der Waals surface area contributed by atoms with Crippen LogP contribution in [0.4, 0.5) is 0 Å². The van der Waals surface area contributed by atoms with Crippen LogP contribution in [0.25, 0.3) is 0 Å². The Hall–Kier alpha value is -0.300. The SMILES string of the molecule is CCCCC=CCCCCCCCCCCC[NH]. The van der Waals surface area contributed by atoms with Crippen molar-refractivity contribution in [1.29, 1.82) is 0 Å². The Bertz CT molecular complexity index is 163. The number of allylic oxidation sites excluding steroid dienone is 2. The number of hydrogen-bond donors (Lipinski definition) is 0. The molecule has 1 heteroatoms. The Morgan fingerprint density at radius 1 is 0.611 bits per heavy atom. The highest BCUT2D eigenvalue weighted by molar-refractivity contribution is 4.81. The van der Waals surface area contributed by atoms with Gasteiger partial charge >= 0.3 is 0 Å². The van der Waals surface area contributed by atoms with Crippen LogP contribution in [0.5, 0.6) is 0 Å². The van der Waals surface area contributed by atoms with E-state index >= 15 is 0 Å². The molecule has 1 radical (unpaired) electrons. The van der Waals surface area contributed by atoms with Gasteiger partial charge in [-0.05, 0) is 25.7 Å². The summed E-state index contributed by atoms with van der Waals surface area (Å²) in [7, 11) is 0. The number of hydrogen-bond acceptors (Lipinski definition) is 0. The quantitative estimate of drug-likeness (QED) is 0.271. The first-order valence-corrected chi connectivity index (χ1v) is 8.21. The van der Waals surface area contributed by atoms with Crippen LogP contribution in [0.2, 0.25) is 0 Å². The van der Waals surface area contributed by atoms with Gasteiger partial charge < -0.3 is 0 Å². The van der Waals surface area contributed by atoms with E-state index in [4.69, 9.17) is 5.73 Å². The summed E-state index contributed by atoms with van der Waals surface area (Å²) in [4.78, 5) is 0. The monoisotopic (exact) mass is 252 g/mol. The van der Waals surface area contributed by atoms with Gasteiger partial charge in [-0.15, -0.1) is 0 Å². The average Bonchev–Trinajstić information content (AvgIpc) is 2.39. The fraction of sp³-hybridized carbons (Fsp3) is 0.882. The molecule has 0 aromatic heterocycles. The van der Waals surface area contributed by atoms with Gasteiger partial charge in [0, 0.05) is 6.54 Å². The Kier molecular flexibility index (Phi) is 16.4. The molecule has 0 aliphatic rings. The molecular formula is C17H34N. The molecule has 0 aromatic rings. The Balaban J connectivity index is 2.96. The van der Waals surface area contributed by atoms with E-state index in [2.05, 4.69) is 19.1 Å². The van der Waals surface area contributed by atoms with Crippen LogP contribution in [0.1, 0.15) is 90.4 Å². The molecule has 0 bridgehead atoms. The molecule has 0 aromatic carbocycles. The second kappa shape index (κ2) is 16.7. The highest BCUT2D eigenvalue weighted by atomic mass is 14.5. The summed E-state index contributed by atoms with van der Waals surface area (Å²) in [5, 5.41) is 0. The van der Waals surface area contributed by atoms with E-state index in [-0.39, 0.29) is 0 Å². The van der Waals surface area contributed by atoms with Crippen molar-refractivity contribution in [2.45, 2.75) is 90.4 Å². The third-order valence-electron chi connectivity index (χ3n) is 3.44. The van der Waals surface area contributed by atoms with Crippen LogP contribution >= 0.6 is 0 Å². The summed E-state index contributed by atoms with van der Waals surface area (Å²) in [5.74, 6) is 0. The van der Waals surface area contributed by atoms with Gasteiger partial charge in [0.05, 0.1) is 0 Å². The van der Waals surface area contributed by atoms with E-state index in [1.165, 1.54) is 77.0 Å². The first-order valence-electron chi connectivity index (χ1n) is 8.21. The molecule has 0 atom stereocenters. The summed E-state index contributed by atoms with van der Waals surface area (Å²) in [6.45, 7) is 2.87. The standard InChI is InChI=1S/C17H34N/c1-2-3-4-5-6-7-8-9-10-11-12-13-14-15-16-17-18/h5-6,18H,2-4,7-17H2,1H3. The van der Waals surface area contributed by atoms with Crippen LogP contribution in [0, 0.1) is 0 Å². The van der Waals surface area contributed by atoms with Crippen LogP contribution in [-0.4, -0.2) is 6.54 Å². The number of unbranched alkanes of at least 4 members (excludes halogenated alkanes) is 11. The molecule has 1 N–H and O–H groups in total. The molecule has 0 spiro atoms. The lowest BCUT2D eigenvalue weighted by Crippen LogP contribution is -1.85. The maximum atomic E-state index is 7.06. The smallest absolute Gasteiger partial charge is 0.00997 e. The average molecular weight is 252 g/mol. The van der Waals surface area contributed by atoms with Gasteiger partial charge in [-0.1, -0.05) is 76.9 Å². The molecule has 107 valence electrons. The van der Waals surface area contributed by atoms with Gasteiger partial charge in [0.2, 0.25) is 0 Å². The van der Waals surface area contributed by atoms with Crippen LogP contribution < -0.4 is 5.73 Å². The molecule has 0 amide bonds. The predicted octanol–water partition coefficient (Wildman–Crippen LogP) is 5.92.